The SMILES string of the molecule is CC1=C(C)C(C)[C]([Zr+2]([NH]C(=O)C2CC3CCC2C3)[SiH](c2ccccc2)c2ccccc2)=C1C.[Cl-].[Cl-]. The van der Waals surface area contributed by atoms with Crippen molar-refractivity contribution >= 4 is 22.2 Å². The fourth-order valence-corrected chi connectivity index (χ4v) is 28.7. The second kappa shape index (κ2) is 12.1. The minimum Gasteiger partial charge on any atom is -1.00 e. The Labute approximate surface area is 232 Å². The normalized spacial score (nSPS) is 24.9. The van der Waals surface area contributed by atoms with Gasteiger partial charge in [0, 0.05) is 0 Å². The molecule has 4 atom stereocenters. The number of amides is 1. The Bertz CT molecular complexity index is 1060. The van der Waals surface area contributed by atoms with Crippen LogP contribution >= 0.6 is 0 Å². The van der Waals surface area contributed by atoms with E-state index in [9.17, 15) is 4.79 Å². The predicted octanol–water partition coefficient (Wildman–Crippen LogP) is -1.12. The summed E-state index contributed by atoms with van der Waals surface area (Å²) < 4.78 is 5.57. The average Bonchev–Trinajstić information content (AvgIpc) is 3.52. The molecule has 2 aromatic carbocycles. The largest absolute Gasteiger partial charge is 1.00 e. The molecule has 2 nitrogen and oxygen atoms in total. The molecule has 3 aliphatic carbocycles. The van der Waals surface area contributed by atoms with Crippen molar-refractivity contribution in [2.45, 2.75) is 53.4 Å². The predicted molar refractivity (Wildman–Crippen MR) is 137 cm³/mol. The number of hydrogen-bond acceptors (Lipinski definition) is 1. The van der Waals surface area contributed by atoms with Gasteiger partial charge in [-0.3, -0.25) is 0 Å². The van der Waals surface area contributed by atoms with E-state index in [1.807, 2.05) is 0 Å². The van der Waals surface area contributed by atoms with E-state index in [0.29, 0.717) is 17.7 Å². The molecule has 2 fully saturated rings. The van der Waals surface area contributed by atoms with Gasteiger partial charge in [-0.2, -0.15) is 0 Å². The summed E-state index contributed by atoms with van der Waals surface area (Å²) in [5, 5.41) is 2.97. The Morgan fingerprint density at radius 1 is 0.857 bits per heavy atom. The van der Waals surface area contributed by atoms with E-state index in [-0.39, 0.29) is 30.7 Å². The molecule has 2 saturated carbocycles. The van der Waals surface area contributed by atoms with Crippen molar-refractivity contribution in [3.8, 4) is 0 Å². The molecule has 0 spiro atoms. The molecule has 1 amide bonds. The van der Waals surface area contributed by atoms with Crippen LogP contribution in [-0.4, -0.2) is 11.8 Å². The van der Waals surface area contributed by atoms with Crippen molar-refractivity contribution < 1.29 is 50.8 Å². The molecule has 5 rings (SSSR count). The number of carbonyl (C=O) groups is 1. The van der Waals surface area contributed by atoms with E-state index in [0.717, 1.165) is 12.3 Å². The van der Waals surface area contributed by atoms with Gasteiger partial charge in [-0.1, -0.05) is 0 Å². The monoisotopic (exact) mass is 602 g/mol. The Morgan fingerprint density at radius 3 is 1.86 bits per heavy atom. The topological polar surface area (TPSA) is 29.1 Å². The Hall–Kier alpha value is -0.930. The van der Waals surface area contributed by atoms with Crippen molar-refractivity contribution in [1.29, 1.82) is 0 Å². The first-order valence-electron chi connectivity index (χ1n) is 12.6. The van der Waals surface area contributed by atoms with Crippen molar-refractivity contribution in [3.05, 3.63) is 80.7 Å². The molecular weight excluding hydrogens is 569 g/mol. The Kier molecular flexibility index (Phi) is 9.88. The second-order valence-electron chi connectivity index (χ2n) is 10.5. The maximum absolute atomic E-state index is 13.9. The number of benzene rings is 2. The van der Waals surface area contributed by atoms with Crippen molar-refractivity contribution in [2.24, 2.45) is 23.7 Å². The number of rotatable bonds is 6. The van der Waals surface area contributed by atoms with Crippen molar-refractivity contribution in [1.82, 2.24) is 3.26 Å². The number of hydrogen-bond donors (Lipinski definition) is 1. The van der Waals surface area contributed by atoms with Crippen LogP contribution in [0.2, 0.25) is 0 Å². The van der Waals surface area contributed by atoms with Crippen molar-refractivity contribution in [2.75, 3.05) is 0 Å². The summed E-state index contributed by atoms with van der Waals surface area (Å²) in [7, 11) is 0. The third kappa shape index (κ3) is 5.52. The van der Waals surface area contributed by atoms with Crippen LogP contribution in [0.3, 0.4) is 0 Å². The number of carbonyl (C=O) groups excluding carboxylic acids is 1. The van der Waals surface area contributed by atoms with Gasteiger partial charge in [0.25, 0.3) is 0 Å². The molecule has 3 aliphatic rings. The number of halogens is 2. The van der Waals surface area contributed by atoms with E-state index in [1.165, 1.54) is 46.4 Å². The molecule has 0 aromatic heterocycles. The fraction of sp³-hybridized carbons (Fsp3) is 0.414. The summed E-state index contributed by atoms with van der Waals surface area (Å²) in [5.74, 6) is 0.958. The third-order valence-corrected chi connectivity index (χ3v) is 28.0. The van der Waals surface area contributed by atoms with Crippen LogP contribution in [-0.2, 0) is 26.0 Å². The molecule has 0 radical (unpaired) electrons. The standard InChI is InChI=1S/C12H11Si.C9H13.C8H13NO.2ClH.Zr/c1-3-7-11(8-4-1)13-12-9-5-2-6-10-12;1-6-5-7(2)9(4)8(6)3;9-8(10)7-4-5-1-2-6(7)3-5;;;/h1-10,13H;6H,1-4H3;5-7H,1-4H2,(H2,9,10);2*1H;/q;;;;;+3/p-3. The minimum atomic E-state index is -2.60. The van der Waals surface area contributed by atoms with Gasteiger partial charge >= 0.3 is 209 Å². The van der Waals surface area contributed by atoms with E-state index in [4.69, 9.17) is 0 Å². The minimum absolute atomic E-state index is 0. The first-order valence-corrected chi connectivity index (χ1v) is 21.1. The van der Waals surface area contributed by atoms with Gasteiger partial charge < -0.3 is 24.8 Å². The molecule has 2 bridgehead atoms. The molecule has 35 heavy (non-hydrogen) atoms. The zero-order valence-corrected chi connectivity index (χ0v) is 26.3. The summed E-state index contributed by atoms with van der Waals surface area (Å²) >= 11 is -2.60. The van der Waals surface area contributed by atoms with E-state index in [1.54, 1.807) is 3.28 Å². The summed E-state index contributed by atoms with van der Waals surface area (Å²) in [4.78, 5) is 13.9. The van der Waals surface area contributed by atoms with Gasteiger partial charge in [0.15, 0.2) is 0 Å². The molecule has 0 saturated heterocycles. The molecule has 0 heterocycles. The van der Waals surface area contributed by atoms with Crippen LogP contribution in [0, 0.1) is 23.7 Å². The molecule has 2 aromatic rings. The van der Waals surface area contributed by atoms with Crippen LogP contribution < -0.4 is 38.4 Å². The maximum atomic E-state index is 13.9. The molecule has 4 unspecified atom stereocenters. The summed E-state index contributed by atoms with van der Waals surface area (Å²) in [5.41, 5.74) is 4.44. The van der Waals surface area contributed by atoms with Gasteiger partial charge in [-0.15, -0.1) is 0 Å². The van der Waals surface area contributed by atoms with Gasteiger partial charge in [0.1, 0.15) is 0 Å². The van der Waals surface area contributed by atoms with Crippen LogP contribution in [0.1, 0.15) is 53.4 Å². The maximum Gasteiger partial charge on any atom is -1.00 e. The number of fused-ring (bicyclic) bond motifs is 2. The third-order valence-electron chi connectivity index (χ3n) is 8.82. The zero-order chi connectivity index (χ0) is 23.1. The van der Waals surface area contributed by atoms with Crippen LogP contribution in [0.15, 0.2) is 80.7 Å². The van der Waals surface area contributed by atoms with Gasteiger partial charge in [-0.25, -0.2) is 0 Å². The second-order valence-corrected chi connectivity index (χ2v) is 24.4. The van der Waals surface area contributed by atoms with Crippen LogP contribution in [0.5, 0.6) is 0 Å². The quantitative estimate of drug-likeness (QED) is 0.416. The number of allylic oxidation sites excluding steroid dienone is 4. The summed E-state index contributed by atoms with van der Waals surface area (Å²) in [6, 6.07) is 22.3. The van der Waals surface area contributed by atoms with Gasteiger partial charge in [0.2, 0.25) is 0 Å². The van der Waals surface area contributed by atoms with Crippen molar-refractivity contribution in [3.63, 3.8) is 0 Å². The Balaban J connectivity index is 0.00000171. The first kappa shape index (κ1) is 28.6. The first-order chi connectivity index (χ1) is 16.0. The molecule has 185 valence electrons. The fourth-order valence-electron chi connectivity index (χ4n) is 6.70. The summed E-state index contributed by atoms with van der Waals surface area (Å²) in [6.45, 7) is 9.30. The number of nitrogens with one attached hydrogen (secondary N) is 1. The smallest absolute Gasteiger partial charge is 1.00 e. The van der Waals surface area contributed by atoms with E-state index >= 15 is 0 Å². The van der Waals surface area contributed by atoms with Crippen LogP contribution in [0.25, 0.3) is 0 Å². The molecular formula is C29H36Cl2NOSiZr. The Morgan fingerprint density at radius 2 is 1.43 bits per heavy atom. The van der Waals surface area contributed by atoms with Crippen LogP contribution in [0.4, 0.5) is 0 Å². The van der Waals surface area contributed by atoms with Gasteiger partial charge in [0.05, 0.1) is 0 Å². The zero-order valence-electron chi connectivity index (χ0n) is 21.2. The molecule has 0 aliphatic heterocycles. The molecule has 1 N–H and O–H groups in total. The van der Waals surface area contributed by atoms with E-state index < -0.39 is 27.1 Å². The van der Waals surface area contributed by atoms with Gasteiger partial charge in [-0.05, 0) is 0 Å². The molecule has 6 heteroatoms. The van der Waals surface area contributed by atoms with E-state index in [2.05, 4.69) is 91.6 Å². The average molecular weight is 605 g/mol. The summed E-state index contributed by atoms with van der Waals surface area (Å²) in [6.07, 6.45) is 5.01.